The third-order valence-electron chi connectivity index (χ3n) is 2.64. The fourth-order valence-corrected chi connectivity index (χ4v) is 1.74. The molecule has 80 valence electrons. The molecule has 2 aromatic rings. The van der Waals surface area contributed by atoms with E-state index in [4.69, 9.17) is 5.11 Å². The van der Waals surface area contributed by atoms with E-state index < -0.39 is 0 Å². The van der Waals surface area contributed by atoms with Crippen molar-refractivity contribution < 1.29 is 5.11 Å². The zero-order valence-electron chi connectivity index (χ0n) is 9.14. The number of aliphatic hydroxyl groups excluding tert-OH is 1. The topological polar surface area (TPSA) is 38.0 Å². The molecular formula is C12H16N2O. The van der Waals surface area contributed by atoms with Crippen molar-refractivity contribution in [3.05, 3.63) is 30.0 Å². The molecule has 1 heterocycles. The molecular weight excluding hydrogens is 188 g/mol. The Labute approximate surface area is 89.3 Å². The van der Waals surface area contributed by atoms with Gasteiger partial charge in [0.15, 0.2) is 0 Å². The Morgan fingerprint density at radius 2 is 2.20 bits per heavy atom. The molecule has 0 spiro atoms. The second-order valence-electron chi connectivity index (χ2n) is 4.06. The van der Waals surface area contributed by atoms with Crippen molar-refractivity contribution in [1.29, 1.82) is 0 Å². The van der Waals surface area contributed by atoms with Crippen LogP contribution in [0.3, 0.4) is 0 Å². The molecule has 0 saturated heterocycles. The molecule has 2 rings (SSSR count). The predicted molar refractivity (Wildman–Crippen MR) is 60.9 cm³/mol. The Hall–Kier alpha value is -1.35. The Kier molecular flexibility index (Phi) is 2.73. The second kappa shape index (κ2) is 4.03. The highest BCUT2D eigenvalue weighted by molar-refractivity contribution is 5.79. The minimum Gasteiger partial charge on any atom is -0.394 e. The quantitative estimate of drug-likeness (QED) is 0.832. The van der Waals surface area contributed by atoms with Gasteiger partial charge in [0.05, 0.1) is 24.9 Å². The first-order valence-electron chi connectivity index (χ1n) is 5.28. The lowest BCUT2D eigenvalue weighted by molar-refractivity contribution is 0.271. The number of fused-ring (bicyclic) bond motifs is 1. The lowest BCUT2D eigenvalue weighted by Crippen LogP contribution is -2.03. The van der Waals surface area contributed by atoms with Crippen molar-refractivity contribution in [3.8, 4) is 0 Å². The minimum atomic E-state index is 0.128. The highest BCUT2D eigenvalue weighted by Gasteiger charge is 2.04. The predicted octanol–water partition coefficient (Wildman–Crippen LogP) is 2.15. The van der Waals surface area contributed by atoms with E-state index in [-0.39, 0.29) is 6.61 Å². The van der Waals surface area contributed by atoms with Crippen molar-refractivity contribution in [2.45, 2.75) is 26.3 Å². The van der Waals surface area contributed by atoms with E-state index >= 15 is 0 Å². The molecule has 0 radical (unpaired) electrons. The van der Waals surface area contributed by atoms with E-state index in [0.717, 1.165) is 10.9 Å². The fraction of sp³-hybridized carbons (Fsp3) is 0.417. The number of nitrogens with zero attached hydrogens (tertiary/aromatic N) is 2. The first-order valence-corrected chi connectivity index (χ1v) is 5.28. The summed E-state index contributed by atoms with van der Waals surface area (Å²) in [4.78, 5) is 0. The summed E-state index contributed by atoms with van der Waals surface area (Å²) in [5.41, 5.74) is 2.42. The number of hydrogen-bond donors (Lipinski definition) is 1. The second-order valence-corrected chi connectivity index (χ2v) is 4.06. The van der Waals surface area contributed by atoms with E-state index in [1.165, 1.54) is 5.56 Å². The zero-order chi connectivity index (χ0) is 10.8. The SMILES string of the molecule is CC(C)c1ccc2c(cnn2CCO)c1. The average molecular weight is 204 g/mol. The first kappa shape index (κ1) is 10.2. The van der Waals surface area contributed by atoms with E-state index in [1.54, 1.807) is 0 Å². The molecule has 15 heavy (non-hydrogen) atoms. The summed E-state index contributed by atoms with van der Waals surface area (Å²) in [5, 5.41) is 14.3. The molecule has 1 aromatic carbocycles. The van der Waals surface area contributed by atoms with Gasteiger partial charge in [-0.25, -0.2) is 0 Å². The Morgan fingerprint density at radius 3 is 2.87 bits per heavy atom. The van der Waals surface area contributed by atoms with Gasteiger partial charge in [0.2, 0.25) is 0 Å². The standard InChI is InChI=1S/C12H16N2O/c1-9(2)10-3-4-12-11(7-10)8-13-14(12)5-6-15/h3-4,7-9,15H,5-6H2,1-2H3. The lowest BCUT2D eigenvalue weighted by atomic mass is 10.0. The molecule has 0 aliphatic heterocycles. The molecule has 1 N–H and O–H groups in total. The van der Waals surface area contributed by atoms with E-state index in [0.29, 0.717) is 12.5 Å². The van der Waals surface area contributed by atoms with Crippen LogP contribution in [0.15, 0.2) is 24.4 Å². The Morgan fingerprint density at radius 1 is 1.40 bits per heavy atom. The third-order valence-corrected chi connectivity index (χ3v) is 2.64. The third kappa shape index (κ3) is 1.88. The van der Waals surface area contributed by atoms with Crippen LogP contribution in [0.25, 0.3) is 10.9 Å². The van der Waals surface area contributed by atoms with Crippen LogP contribution in [-0.2, 0) is 6.54 Å². The summed E-state index contributed by atoms with van der Waals surface area (Å²) in [7, 11) is 0. The van der Waals surface area contributed by atoms with Crippen LogP contribution < -0.4 is 0 Å². The number of hydrogen-bond acceptors (Lipinski definition) is 2. The van der Waals surface area contributed by atoms with Gasteiger partial charge in [-0.1, -0.05) is 19.9 Å². The van der Waals surface area contributed by atoms with Crippen LogP contribution in [0.2, 0.25) is 0 Å². The molecule has 0 atom stereocenters. The summed E-state index contributed by atoms with van der Waals surface area (Å²) in [6, 6.07) is 6.37. The smallest absolute Gasteiger partial charge is 0.0683 e. The first-order chi connectivity index (χ1) is 7.22. The Balaban J connectivity index is 2.47. The lowest BCUT2D eigenvalue weighted by Gasteiger charge is -2.05. The molecule has 0 amide bonds. The largest absolute Gasteiger partial charge is 0.394 e. The summed E-state index contributed by atoms with van der Waals surface area (Å²) in [6.07, 6.45) is 1.86. The highest BCUT2D eigenvalue weighted by Crippen LogP contribution is 2.20. The van der Waals surface area contributed by atoms with Gasteiger partial charge in [0.1, 0.15) is 0 Å². The van der Waals surface area contributed by atoms with E-state index in [9.17, 15) is 0 Å². The molecule has 0 aliphatic rings. The molecule has 0 saturated carbocycles. The van der Waals surface area contributed by atoms with Gasteiger partial charge >= 0.3 is 0 Å². The summed E-state index contributed by atoms with van der Waals surface area (Å²) >= 11 is 0. The maximum atomic E-state index is 8.88. The summed E-state index contributed by atoms with van der Waals surface area (Å²) < 4.78 is 1.83. The van der Waals surface area contributed by atoms with E-state index in [1.807, 2.05) is 10.9 Å². The van der Waals surface area contributed by atoms with Crippen molar-refractivity contribution in [2.75, 3.05) is 6.61 Å². The Bertz CT molecular complexity index is 460. The number of aliphatic hydroxyl groups is 1. The molecule has 3 heteroatoms. The van der Waals surface area contributed by atoms with Gasteiger partial charge in [-0.3, -0.25) is 4.68 Å². The van der Waals surface area contributed by atoms with Gasteiger partial charge < -0.3 is 5.11 Å². The van der Waals surface area contributed by atoms with Crippen LogP contribution in [0.1, 0.15) is 25.3 Å². The number of aromatic nitrogens is 2. The molecule has 0 bridgehead atoms. The van der Waals surface area contributed by atoms with Crippen molar-refractivity contribution in [3.63, 3.8) is 0 Å². The van der Waals surface area contributed by atoms with Crippen molar-refractivity contribution >= 4 is 10.9 Å². The maximum Gasteiger partial charge on any atom is 0.0683 e. The zero-order valence-corrected chi connectivity index (χ0v) is 9.14. The fourth-order valence-electron chi connectivity index (χ4n) is 1.74. The summed E-state index contributed by atoms with van der Waals surface area (Å²) in [5.74, 6) is 0.538. The summed E-state index contributed by atoms with van der Waals surface area (Å²) in [6.45, 7) is 5.05. The van der Waals surface area contributed by atoms with Crippen molar-refractivity contribution in [1.82, 2.24) is 9.78 Å². The highest BCUT2D eigenvalue weighted by atomic mass is 16.3. The van der Waals surface area contributed by atoms with Crippen LogP contribution in [-0.4, -0.2) is 21.5 Å². The van der Waals surface area contributed by atoms with Crippen LogP contribution in [0.4, 0.5) is 0 Å². The number of benzene rings is 1. The van der Waals surface area contributed by atoms with Gasteiger partial charge in [-0.2, -0.15) is 5.10 Å². The van der Waals surface area contributed by atoms with Crippen LogP contribution in [0.5, 0.6) is 0 Å². The van der Waals surface area contributed by atoms with Gasteiger partial charge in [-0.05, 0) is 23.6 Å². The monoisotopic (exact) mass is 204 g/mol. The van der Waals surface area contributed by atoms with Crippen LogP contribution in [0, 0.1) is 0 Å². The molecule has 0 unspecified atom stereocenters. The van der Waals surface area contributed by atoms with Crippen LogP contribution >= 0.6 is 0 Å². The molecule has 3 nitrogen and oxygen atoms in total. The molecule has 0 aliphatic carbocycles. The minimum absolute atomic E-state index is 0.128. The van der Waals surface area contributed by atoms with Gasteiger partial charge in [-0.15, -0.1) is 0 Å². The van der Waals surface area contributed by atoms with Crippen molar-refractivity contribution in [2.24, 2.45) is 0 Å². The van der Waals surface area contributed by atoms with E-state index in [2.05, 4.69) is 37.1 Å². The number of rotatable bonds is 3. The maximum absolute atomic E-state index is 8.88. The normalized spacial score (nSPS) is 11.5. The average Bonchev–Trinajstić information content (AvgIpc) is 2.61. The molecule has 0 fully saturated rings. The van der Waals surface area contributed by atoms with Gasteiger partial charge in [0.25, 0.3) is 0 Å². The van der Waals surface area contributed by atoms with Gasteiger partial charge in [0, 0.05) is 5.39 Å². The molecule has 1 aromatic heterocycles.